The summed E-state index contributed by atoms with van der Waals surface area (Å²) in [5, 5.41) is 0. The fraction of sp³-hybridized carbons (Fsp3) is 0.500. The van der Waals surface area contributed by atoms with Gasteiger partial charge in [0.25, 0.3) is 0 Å². The first-order valence-corrected chi connectivity index (χ1v) is 4.14. The Morgan fingerprint density at radius 3 is 2.38 bits per heavy atom. The molecule has 0 radical (unpaired) electrons. The molecule has 0 aromatic rings. The normalized spacial score (nSPS) is 25.4. The monoisotopic (exact) mass is 134 g/mol. The first-order valence-electron chi connectivity index (χ1n) is 2.31. The predicted octanol–water partition coefficient (Wildman–Crippen LogP) is -1.46. The van der Waals surface area contributed by atoms with Crippen molar-refractivity contribution in [2.24, 2.45) is 0 Å². The van der Waals surface area contributed by atoms with Crippen molar-refractivity contribution < 1.29 is 14.2 Å². The molecule has 3 N–H and O–H groups in total. The van der Waals surface area contributed by atoms with E-state index in [1.165, 1.54) is 0 Å². The van der Waals surface area contributed by atoms with Gasteiger partial charge in [0.15, 0.2) is 9.84 Å². The smallest absolute Gasteiger partial charge is 0.163 e. The average molecular weight is 134 g/mol. The minimum Gasteiger partial charge on any atom is -0.328 e. The van der Waals surface area contributed by atoms with Crippen molar-refractivity contribution in [2.45, 2.75) is 0 Å². The Labute approximate surface area is 48.1 Å². The van der Waals surface area contributed by atoms with Crippen LogP contribution in [0.15, 0.2) is 11.8 Å². The Hall–Kier alpha value is -0.350. The van der Waals surface area contributed by atoms with Gasteiger partial charge in [-0.1, -0.05) is 0 Å². The zero-order valence-corrected chi connectivity index (χ0v) is 5.24. The summed E-state index contributed by atoms with van der Waals surface area (Å²) >= 11 is 0. The molecule has 4 heteroatoms. The minimum absolute atomic E-state index is 0.160. The second kappa shape index (κ2) is 1.56. The molecule has 0 aromatic heterocycles. The quantitative estimate of drug-likeness (QED) is 0.440. The topological polar surface area (TPSA) is 61.8 Å². The highest BCUT2D eigenvalue weighted by molar-refractivity contribution is 7.91. The average Bonchev–Trinajstić information content (AvgIpc) is 1.82. The van der Waals surface area contributed by atoms with E-state index in [2.05, 4.69) is 5.73 Å². The second-order valence-electron chi connectivity index (χ2n) is 1.92. The van der Waals surface area contributed by atoms with Gasteiger partial charge in [-0.05, 0) is 6.08 Å². The summed E-state index contributed by atoms with van der Waals surface area (Å²) in [5.41, 5.74) is 4.24. The fourth-order valence-electron chi connectivity index (χ4n) is 0.645. The molecule has 0 amide bonds. The predicted molar refractivity (Wildman–Crippen MR) is 29.6 cm³/mol. The molecule has 0 fully saturated rings. The molecule has 0 atom stereocenters. The summed E-state index contributed by atoms with van der Waals surface area (Å²) in [7, 11) is -2.75. The lowest BCUT2D eigenvalue weighted by molar-refractivity contribution is -0.300. The van der Waals surface area contributed by atoms with Crippen LogP contribution in [0.4, 0.5) is 0 Å². The van der Waals surface area contributed by atoms with E-state index in [-0.39, 0.29) is 11.5 Å². The summed E-state index contributed by atoms with van der Waals surface area (Å²) in [6.45, 7) is 0. The van der Waals surface area contributed by atoms with Crippen LogP contribution in [0.2, 0.25) is 0 Å². The van der Waals surface area contributed by atoms with Gasteiger partial charge in [-0.25, -0.2) is 8.42 Å². The first kappa shape index (κ1) is 5.78. The first-order chi connectivity index (χ1) is 3.60. The number of rotatable bonds is 0. The maximum atomic E-state index is 10.5. The van der Waals surface area contributed by atoms with Crippen molar-refractivity contribution in [3.63, 3.8) is 0 Å². The largest absolute Gasteiger partial charge is 0.328 e. The lowest BCUT2D eigenvalue weighted by Crippen LogP contribution is -2.48. The van der Waals surface area contributed by atoms with Gasteiger partial charge in [0.1, 0.15) is 11.4 Å². The molecule has 0 aliphatic carbocycles. The Morgan fingerprint density at radius 2 is 2.25 bits per heavy atom. The van der Waals surface area contributed by atoms with Crippen LogP contribution < -0.4 is 5.73 Å². The van der Waals surface area contributed by atoms with E-state index in [0.717, 1.165) is 5.70 Å². The molecule has 0 spiro atoms. The van der Waals surface area contributed by atoms with Crippen molar-refractivity contribution in [3.8, 4) is 0 Å². The van der Waals surface area contributed by atoms with E-state index in [4.69, 9.17) is 0 Å². The van der Waals surface area contributed by atoms with Gasteiger partial charge < -0.3 is 5.73 Å². The summed E-state index contributed by atoms with van der Waals surface area (Å²) in [6.07, 6.45) is 1.65. The Balaban J connectivity index is 2.85. The Bertz CT molecular complexity index is 214. The molecule has 0 saturated heterocycles. The molecule has 0 bridgehead atoms. The van der Waals surface area contributed by atoms with Crippen LogP contribution in [0.25, 0.3) is 0 Å². The van der Waals surface area contributed by atoms with Gasteiger partial charge in [0.2, 0.25) is 0 Å². The molecule has 46 valence electrons. The molecule has 1 heterocycles. The number of hydrogen-bond acceptors (Lipinski definition) is 2. The van der Waals surface area contributed by atoms with Gasteiger partial charge >= 0.3 is 0 Å². The van der Waals surface area contributed by atoms with Gasteiger partial charge in [0.05, 0.1) is 5.75 Å². The van der Waals surface area contributed by atoms with E-state index in [1.54, 1.807) is 6.08 Å². The highest BCUT2D eigenvalue weighted by Crippen LogP contribution is 2.03. The maximum absolute atomic E-state index is 10.5. The molecule has 1 aliphatic rings. The van der Waals surface area contributed by atoms with E-state index in [0.29, 0.717) is 0 Å². The number of sulfone groups is 1. The van der Waals surface area contributed by atoms with Crippen molar-refractivity contribution in [2.75, 3.05) is 11.5 Å². The number of hydrogen-bond donors (Lipinski definition) is 1. The lowest BCUT2D eigenvalue weighted by Gasteiger charge is -1.83. The van der Waals surface area contributed by atoms with Crippen LogP contribution in [-0.2, 0) is 9.84 Å². The molecule has 0 unspecified atom stereocenters. The summed E-state index contributed by atoms with van der Waals surface area (Å²) in [4.78, 5) is 0. The third kappa shape index (κ3) is 1.08. The zero-order chi connectivity index (χ0) is 6.20. The van der Waals surface area contributed by atoms with E-state index < -0.39 is 9.84 Å². The molecular formula is C4H8NO2S+. The molecule has 1 aliphatic heterocycles. The van der Waals surface area contributed by atoms with Crippen molar-refractivity contribution in [3.05, 3.63) is 11.8 Å². The molecule has 3 nitrogen and oxygen atoms in total. The SMILES string of the molecule is [NH3+]C1=CCS(=O)(=O)C1. The van der Waals surface area contributed by atoms with E-state index in [9.17, 15) is 8.42 Å². The molecule has 0 saturated carbocycles. The van der Waals surface area contributed by atoms with Crippen molar-refractivity contribution in [1.82, 2.24) is 0 Å². The standard InChI is InChI=1S/C4H7NO2S/c5-4-1-2-8(6,7)3-4/h1H,2-3,5H2/p+1. The van der Waals surface area contributed by atoms with E-state index >= 15 is 0 Å². The van der Waals surface area contributed by atoms with Crippen LogP contribution in [-0.4, -0.2) is 19.9 Å². The highest BCUT2D eigenvalue weighted by Gasteiger charge is 2.19. The van der Waals surface area contributed by atoms with Gasteiger partial charge in [-0.15, -0.1) is 0 Å². The third-order valence-corrected chi connectivity index (χ3v) is 2.52. The van der Waals surface area contributed by atoms with Crippen LogP contribution in [0, 0.1) is 0 Å². The maximum Gasteiger partial charge on any atom is 0.163 e. The van der Waals surface area contributed by atoms with Gasteiger partial charge in [-0.2, -0.15) is 0 Å². The molecule has 0 aromatic carbocycles. The highest BCUT2D eigenvalue weighted by atomic mass is 32.2. The fourth-order valence-corrected chi connectivity index (χ4v) is 1.94. The lowest BCUT2D eigenvalue weighted by atomic mass is 10.5. The summed E-state index contributed by atoms with van der Waals surface area (Å²) in [6, 6.07) is 0. The second-order valence-corrected chi connectivity index (χ2v) is 4.03. The van der Waals surface area contributed by atoms with Gasteiger partial charge in [-0.3, -0.25) is 0 Å². The molecule has 8 heavy (non-hydrogen) atoms. The zero-order valence-electron chi connectivity index (χ0n) is 4.42. The van der Waals surface area contributed by atoms with Crippen molar-refractivity contribution in [1.29, 1.82) is 0 Å². The molecule has 1 rings (SSSR count). The third-order valence-electron chi connectivity index (χ3n) is 1.03. The van der Waals surface area contributed by atoms with Crippen LogP contribution >= 0.6 is 0 Å². The van der Waals surface area contributed by atoms with E-state index in [1.807, 2.05) is 0 Å². The molecular weight excluding hydrogens is 126 g/mol. The number of quaternary nitrogens is 1. The summed E-state index contributed by atoms with van der Waals surface area (Å²) in [5.74, 6) is 0.346. The Kier molecular flexibility index (Phi) is 1.13. The Morgan fingerprint density at radius 1 is 1.62 bits per heavy atom. The minimum atomic E-state index is -2.75. The van der Waals surface area contributed by atoms with Gasteiger partial charge in [0, 0.05) is 0 Å². The van der Waals surface area contributed by atoms with Crippen LogP contribution in [0.5, 0.6) is 0 Å². The van der Waals surface area contributed by atoms with Crippen LogP contribution in [0.3, 0.4) is 0 Å². The van der Waals surface area contributed by atoms with Crippen LogP contribution in [0.1, 0.15) is 0 Å². The summed E-state index contributed by atoms with van der Waals surface area (Å²) < 4.78 is 21.1. The van der Waals surface area contributed by atoms with Crippen molar-refractivity contribution >= 4 is 9.84 Å².